The molecular formula is C28H30N4OS. The summed E-state index contributed by atoms with van der Waals surface area (Å²) < 4.78 is 2.16. The van der Waals surface area contributed by atoms with E-state index in [1.54, 1.807) is 6.21 Å². The first-order valence-electron chi connectivity index (χ1n) is 11.4. The molecule has 1 heterocycles. The molecule has 0 saturated carbocycles. The van der Waals surface area contributed by atoms with Crippen LogP contribution in [0.25, 0.3) is 11.0 Å². The smallest absolute Gasteiger partial charge is 0.250 e. The molecule has 1 N–H and O–H groups in total. The van der Waals surface area contributed by atoms with Crippen LogP contribution in [0.15, 0.2) is 83.1 Å². The minimum atomic E-state index is -0.165. The number of aryl methyl sites for hydroxylation is 1. The molecule has 174 valence electrons. The van der Waals surface area contributed by atoms with Gasteiger partial charge < -0.3 is 4.57 Å². The SMILES string of the molecule is Cc1ccc(Cn2c(SCC(=O)N/N=C/c3ccc(C(C)(C)C)cc3)nc3ccccc32)cc1. The molecular weight excluding hydrogens is 440 g/mol. The highest BCUT2D eigenvalue weighted by Crippen LogP contribution is 2.25. The zero-order valence-corrected chi connectivity index (χ0v) is 20.9. The molecule has 0 atom stereocenters. The van der Waals surface area contributed by atoms with E-state index >= 15 is 0 Å². The molecule has 4 aromatic rings. The van der Waals surface area contributed by atoms with E-state index in [1.165, 1.54) is 28.5 Å². The number of thioether (sulfide) groups is 1. The molecule has 0 fully saturated rings. The second kappa shape index (κ2) is 10.3. The Balaban J connectivity index is 1.40. The highest BCUT2D eigenvalue weighted by atomic mass is 32.2. The third kappa shape index (κ3) is 5.94. The van der Waals surface area contributed by atoms with Crippen molar-refractivity contribution in [2.75, 3.05) is 5.75 Å². The van der Waals surface area contributed by atoms with E-state index in [0.717, 1.165) is 21.8 Å². The third-order valence-electron chi connectivity index (χ3n) is 5.59. The van der Waals surface area contributed by atoms with Gasteiger partial charge in [-0.2, -0.15) is 5.10 Å². The lowest BCUT2D eigenvalue weighted by Crippen LogP contribution is -2.20. The van der Waals surface area contributed by atoms with Crippen LogP contribution in [0.4, 0.5) is 0 Å². The number of nitrogens with one attached hydrogen (secondary N) is 1. The maximum absolute atomic E-state index is 12.4. The molecule has 0 unspecified atom stereocenters. The first kappa shape index (κ1) is 23.8. The quantitative estimate of drug-likeness (QED) is 0.207. The zero-order valence-electron chi connectivity index (χ0n) is 20.1. The molecule has 0 aliphatic heterocycles. The van der Waals surface area contributed by atoms with Gasteiger partial charge in [-0.3, -0.25) is 4.79 Å². The first-order chi connectivity index (χ1) is 16.3. The Kier molecular flexibility index (Phi) is 7.17. The summed E-state index contributed by atoms with van der Waals surface area (Å²) in [6, 6.07) is 24.8. The van der Waals surface area contributed by atoms with Crippen LogP contribution in [-0.2, 0) is 16.8 Å². The molecule has 0 aliphatic rings. The number of hydrogen-bond donors (Lipinski definition) is 1. The fourth-order valence-corrected chi connectivity index (χ4v) is 4.41. The number of amides is 1. The van der Waals surface area contributed by atoms with Crippen molar-refractivity contribution >= 4 is 34.9 Å². The molecule has 6 heteroatoms. The standard InChI is InChI=1S/C28H30N4OS/c1-20-9-11-22(12-10-20)18-32-25-8-6-5-7-24(25)30-27(32)34-19-26(33)31-29-17-21-13-15-23(16-14-21)28(2,3)4/h5-17H,18-19H2,1-4H3,(H,31,33)/b29-17+. The average molecular weight is 471 g/mol. The van der Waals surface area contributed by atoms with Gasteiger partial charge in [0.1, 0.15) is 0 Å². The van der Waals surface area contributed by atoms with Gasteiger partial charge in [0.05, 0.1) is 29.5 Å². The summed E-state index contributed by atoms with van der Waals surface area (Å²) in [5.41, 5.74) is 9.36. The van der Waals surface area contributed by atoms with Crippen molar-refractivity contribution < 1.29 is 4.79 Å². The van der Waals surface area contributed by atoms with Crippen molar-refractivity contribution in [2.24, 2.45) is 5.10 Å². The largest absolute Gasteiger partial charge is 0.314 e. The summed E-state index contributed by atoms with van der Waals surface area (Å²) in [5.74, 6) is 0.0684. The monoisotopic (exact) mass is 470 g/mol. The van der Waals surface area contributed by atoms with Crippen molar-refractivity contribution in [3.63, 3.8) is 0 Å². The molecule has 4 rings (SSSR count). The molecule has 1 amide bonds. The number of aromatic nitrogens is 2. The normalized spacial score (nSPS) is 11.9. The summed E-state index contributed by atoms with van der Waals surface area (Å²) in [5, 5.41) is 4.94. The number of hydrazone groups is 1. The number of hydrogen-bond acceptors (Lipinski definition) is 4. The van der Waals surface area contributed by atoms with Crippen molar-refractivity contribution in [3.05, 3.63) is 95.1 Å². The lowest BCUT2D eigenvalue weighted by Gasteiger charge is -2.18. The minimum absolute atomic E-state index is 0.108. The van der Waals surface area contributed by atoms with Crippen LogP contribution in [0.1, 0.15) is 43.0 Å². The van der Waals surface area contributed by atoms with E-state index in [2.05, 4.69) is 85.3 Å². The molecule has 0 radical (unpaired) electrons. The van der Waals surface area contributed by atoms with Crippen LogP contribution in [0.2, 0.25) is 0 Å². The Morgan fingerprint density at radius 2 is 1.74 bits per heavy atom. The molecule has 5 nitrogen and oxygen atoms in total. The minimum Gasteiger partial charge on any atom is -0.314 e. The molecule has 0 saturated heterocycles. The topological polar surface area (TPSA) is 59.3 Å². The maximum Gasteiger partial charge on any atom is 0.250 e. The van der Waals surface area contributed by atoms with E-state index < -0.39 is 0 Å². The van der Waals surface area contributed by atoms with Crippen molar-refractivity contribution in [1.82, 2.24) is 15.0 Å². The lowest BCUT2D eigenvalue weighted by atomic mass is 9.87. The predicted octanol–water partition coefficient (Wildman–Crippen LogP) is 5.93. The molecule has 3 aromatic carbocycles. The Labute approximate surface area is 205 Å². The van der Waals surface area contributed by atoms with E-state index in [1.807, 2.05) is 30.3 Å². The summed E-state index contributed by atoms with van der Waals surface area (Å²) in [6.07, 6.45) is 1.67. The van der Waals surface area contributed by atoms with E-state index in [9.17, 15) is 4.79 Å². The average Bonchev–Trinajstić information content (AvgIpc) is 3.16. The Morgan fingerprint density at radius 3 is 2.44 bits per heavy atom. The summed E-state index contributed by atoms with van der Waals surface area (Å²) >= 11 is 1.42. The molecule has 34 heavy (non-hydrogen) atoms. The van der Waals surface area contributed by atoms with Crippen molar-refractivity contribution in [2.45, 2.75) is 44.8 Å². The van der Waals surface area contributed by atoms with E-state index in [4.69, 9.17) is 4.98 Å². The van der Waals surface area contributed by atoms with Gasteiger partial charge in [0.25, 0.3) is 5.91 Å². The van der Waals surface area contributed by atoms with Crippen LogP contribution in [0.5, 0.6) is 0 Å². The molecule has 0 aliphatic carbocycles. The van der Waals surface area contributed by atoms with Crippen LogP contribution in [-0.4, -0.2) is 27.4 Å². The summed E-state index contributed by atoms with van der Waals surface area (Å²) in [4.78, 5) is 17.2. The molecule has 0 spiro atoms. The number of carbonyl (C=O) groups is 1. The first-order valence-corrected chi connectivity index (χ1v) is 12.3. The lowest BCUT2D eigenvalue weighted by molar-refractivity contribution is -0.118. The van der Waals surface area contributed by atoms with Gasteiger partial charge in [0.15, 0.2) is 5.16 Å². The Morgan fingerprint density at radius 1 is 1.03 bits per heavy atom. The van der Waals surface area contributed by atoms with Gasteiger partial charge in [-0.15, -0.1) is 0 Å². The van der Waals surface area contributed by atoms with E-state index in [-0.39, 0.29) is 17.1 Å². The zero-order chi connectivity index (χ0) is 24.1. The van der Waals surface area contributed by atoms with Gasteiger partial charge in [-0.25, -0.2) is 10.4 Å². The van der Waals surface area contributed by atoms with E-state index in [0.29, 0.717) is 6.54 Å². The highest BCUT2D eigenvalue weighted by Gasteiger charge is 2.14. The van der Waals surface area contributed by atoms with Gasteiger partial charge >= 0.3 is 0 Å². The van der Waals surface area contributed by atoms with Crippen molar-refractivity contribution in [3.8, 4) is 0 Å². The number of benzene rings is 3. The van der Waals surface area contributed by atoms with Crippen LogP contribution >= 0.6 is 11.8 Å². The highest BCUT2D eigenvalue weighted by molar-refractivity contribution is 7.99. The number of para-hydroxylation sites is 2. The fraction of sp³-hybridized carbons (Fsp3) is 0.250. The van der Waals surface area contributed by atoms with Gasteiger partial charge in [0.2, 0.25) is 0 Å². The Bertz CT molecular complexity index is 1300. The van der Waals surface area contributed by atoms with Gasteiger partial charge in [0, 0.05) is 0 Å². The summed E-state index contributed by atoms with van der Waals surface area (Å²) in [7, 11) is 0. The number of carbonyl (C=O) groups excluding carboxylic acids is 1. The third-order valence-corrected chi connectivity index (χ3v) is 6.57. The number of fused-ring (bicyclic) bond motifs is 1. The van der Waals surface area contributed by atoms with Crippen LogP contribution in [0.3, 0.4) is 0 Å². The second-order valence-electron chi connectivity index (χ2n) is 9.41. The van der Waals surface area contributed by atoms with Gasteiger partial charge in [-0.1, -0.05) is 98.8 Å². The van der Waals surface area contributed by atoms with Crippen molar-refractivity contribution in [1.29, 1.82) is 0 Å². The van der Waals surface area contributed by atoms with Crippen LogP contribution < -0.4 is 5.43 Å². The van der Waals surface area contributed by atoms with Crippen LogP contribution in [0, 0.1) is 6.92 Å². The number of nitrogens with zero attached hydrogens (tertiary/aromatic N) is 3. The number of rotatable bonds is 7. The second-order valence-corrected chi connectivity index (χ2v) is 10.4. The summed E-state index contributed by atoms with van der Waals surface area (Å²) in [6.45, 7) is 9.34. The fourth-order valence-electron chi connectivity index (χ4n) is 3.60. The van der Waals surface area contributed by atoms with Gasteiger partial charge in [-0.05, 0) is 41.2 Å². The molecule has 1 aromatic heterocycles. The molecule has 0 bridgehead atoms. The maximum atomic E-state index is 12.4. The Hall–Kier alpha value is -3.38. The predicted molar refractivity (Wildman–Crippen MR) is 142 cm³/mol. The number of imidazole rings is 1.